The summed E-state index contributed by atoms with van der Waals surface area (Å²) in [5, 5.41) is 0. The van der Waals surface area contributed by atoms with Crippen LogP contribution in [-0.4, -0.2) is 16.7 Å². The first-order chi connectivity index (χ1) is 7.44. The molecule has 1 aromatic heterocycles. The van der Waals surface area contributed by atoms with Gasteiger partial charge in [-0.2, -0.15) is 0 Å². The fourth-order valence-electron chi connectivity index (χ4n) is 1.38. The lowest BCUT2D eigenvalue weighted by Gasteiger charge is -2.20. The molecule has 3 heteroatoms. The van der Waals surface area contributed by atoms with E-state index >= 15 is 0 Å². The van der Waals surface area contributed by atoms with Crippen molar-refractivity contribution in [2.45, 2.75) is 52.2 Å². The average Bonchev–Trinajstić information content (AvgIpc) is 2.90. The molecule has 2 rings (SSSR count). The third kappa shape index (κ3) is 3.12. The number of hydrogen-bond donors (Lipinski definition) is 0. The van der Waals surface area contributed by atoms with E-state index in [-0.39, 0.29) is 5.60 Å². The maximum atomic E-state index is 5.72. The summed E-state index contributed by atoms with van der Waals surface area (Å²) >= 11 is 0. The molecule has 0 N–H and O–H groups in total. The number of nitrogens with zero attached hydrogens (tertiary/aromatic N) is 1. The number of rotatable bonds is 3. The van der Waals surface area contributed by atoms with Crippen LogP contribution in [0.3, 0.4) is 0 Å². The van der Waals surface area contributed by atoms with Crippen LogP contribution < -0.4 is 9.47 Å². The molecule has 1 aliphatic carbocycles. The first kappa shape index (κ1) is 11.2. The van der Waals surface area contributed by atoms with Crippen LogP contribution in [0.4, 0.5) is 0 Å². The van der Waals surface area contributed by atoms with Crippen LogP contribution in [-0.2, 0) is 0 Å². The molecule has 1 aromatic rings. The van der Waals surface area contributed by atoms with E-state index in [0.29, 0.717) is 12.0 Å². The van der Waals surface area contributed by atoms with Crippen LogP contribution in [0.2, 0.25) is 0 Å². The molecule has 0 atom stereocenters. The molecule has 1 heterocycles. The summed E-state index contributed by atoms with van der Waals surface area (Å²) in [4.78, 5) is 4.26. The highest BCUT2D eigenvalue weighted by molar-refractivity contribution is 5.34. The molecule has 0 spiro atoms. The second kappa shape index (κ2) is 3.96. The number of aryl methyl sites for hydroxylation is 1. The van der Waals surface area contributed by atoms with Crippen molar-refractivity contribution in [1.29, 1.82) is 0 Å². The first-order valence-corrected chi connectivity index (χ1v) is 5.76. The van der Waals surface area contributed by atoms with Crippen LogP contribution in [0, 0.1) is 6.92 Å². The van der Waals surface area contributed by atoms with Gasteiger partial charge in [0.15, 0.2) is 0 Å². The molecule has 88 valence electrons. The van der Waals surface area contributed by atoms with Gasteiger partial charge < -0.3 is 9.47 Å². The zero-order valence-electron chi connectivity index (χ0n) is 10.4. The Morgan fingerprint density at radius 1 is 1.31 bits per heavy atom. The third-order valence-electron chi connectivity index (χ3n) is 2.27. The van der Waals surface area contributed by atoms with Gasteiger partial charge in [0.05, 0.1) is 12.3 Å². The molecule has 1 aliphatic rings. The van der Waals surface area contributed by atoms with Gasteiger partial charge >= 0.3 is 0 Å². The number of ether oxygens (including phenoxy) is 2. The van der Waals surface area contributed by atoms with Crippen molar-refractivity contribution in [2.75, 3.05) is 0 Å². The lowest BCUT2D eigenvalue weighted by atomic mass is 10.2. The Balaban J connectivity index is 2.08. The summed E-state index contributed by atoms with van der Waals surface area (Å²) in [6.07, 6.45) is 4.50. The van der Waals surface area contributed by atoms with Gasteiger partial charge in [-0.3, -0.25) is 0 Å². The molecule has 1 fully saturated rings. The molecule has 0 saturated heterocycles. The van der Waals surface area contributed by atoms with Gasteiger partial charge in [-0.05, 0) is 46.1 Å². The zero-order chi connectivity index (χ0) is 11.8. The van der Waals surface area contributed by atoms with Crippen molar-refractivity contribution < 1.29 is 9.47 Å². The van der Waals surface area contributed by atoms with E-state index in [1.54, 1.807) is 6.20 Å². The fraction of sp³-hybridized carbons (Fsp3) is 0.615. The van der Waals surface area contributed by atoms with Crippen molar-refractivity contribution in [2.24, 2.45) is 0 Å². The van der Waals surface area contributed by atoms with E-state index in [0.717, 1.165) is 11.3 Å². The molecule has 0 aliphatic heterocycles. The summed E-state index contributed by atoms with van der Waals surface area (Å²) in [5.41, 5.74) is 0.874. The maximum absolute atomic E-state index is 5.72. The Hall–Kier alpha value is -1.25. The number of aromatic nitrogens is 1. The lowest BCUT2D eigenvalue weighted by molar-refractivity contribution is 0.123. The van der Waals surface area contributed by atoms with Gasteiger partial charge in [-0.1, -0.05) is 0 Å². The van der Waals surface area contributed by atoms with Gasteiger partial charge in [0.2, 0.25) is 5.88 Å². The lowest BCUT2D eigenvalue weighted by Crippen LogP contribution is -2.23. The van der Waals surface area contributed by atoms with Gasteiger partial charge in [0.1, 0.15) is 11.4 Å². The second-order valence-electron chi connectivity index (χ2n) is 5.32. The average molecular weight is 221 g/mol. The number of hydrogen-bond acceptors (Lipinski definition) is 3. The normalized spacial score (nSPS) is 16.0. The van der Waals surface area contributed by atoms with Crippen molar-refractivity contribution in [3.05, 3.63) is 17.8 Å². The van der Waals surface area contributed by atoms with Crippen LogP contribution in [0.5, 0.6) is 11.6 Å². The summed E-state index contributed by atoms with van der Waals surface area (Å²) in [5.74, 6) is 1.54. The quantitative estimate of drug-likeness (QED) is 0.786. The van der Waals surface area contributed by atoms with E-state index in [2.05, 4.69) is 4.98 Å². The monoisotopic (exact) mass is 221 g/mol. The smallest absolute Gasteiger partial charge is 0.214 e. The molecular formula is C13H19NO2. The van der Waals surface area contributed by atoms with Gasteiger partial charge in [-0.25, -0.2) is 4.98 Å². The summed E-state index contributed by atoms with van der Waals surface area (Å²) in [7, 11) is 0. The first-order valence-electron chi connectivity index (χ1n) is 5.76. The Bertz CT molecular complexity index is 378. The Kier molecular flexibility index (Phi) is 2.78. The minimum absolute atomic E-state index is 0.210. The highest BCUT2D eigenvalue weighted by Crippen LogP contribution is 2.30. The maximum Gasteiger partial charge on any atom is 0.214 e. The molecule has 0 amide bonds. The van der Waals surface area contributed by atoms with E-state index in [1.807, 2.05) is 33.8 Å². The van der Waals surface area contributed by atoms with Crippen molar-refractivity contribution >= 4 is 0 Å². The molecule has 0 aromatic carbocycles. The Labute approximate surface area is 96.8 Å². The molecular weight excluding hydrogens is 202 g/mol. The van der Waals surface area contributed by atoms with E-state index in [9.17, 15) is 0 Å². The minimum Gasteiger partial charge on any atom is -0.489 e. The summed E-state index contributed by atoms with van der Waals surface area (Å²) in [6, 6.07) is 1.93. The second-order valence-corrected chi connectivity index (χ2v) is 5.32. The van der Waals surface area contributed by atoms with Gasteiger partial charge in [0, 0.05) is 6.07 Å². The van der Waals surface area contributed by atoms with E-state index in [1.165, 1.54) is 12.8 Å². The van der Waals surface area contributed by atoms with Crippen LogP contribution in [0.1, 0.15) is 39.2 Å². The predicted molar refractivity (Wildman–Crippen MR) is 63.0 cm³/mol. The SMILES string of the molecule is Cc1cc(OC(C)(C)C)ncc1OC1CC1. The third-order valence-corrected chi connectivity index (χ3v) is 2.27. The van der Waals surface area contributed by atoms with E-state index in [4.69, 9.17) is 9.47 Å². The highest BCUT2D eigenvalue weighted by atomic mass is 16.5. The molecule has 0 bridgehead atoms. The summed E-state index contributed by atoms with van der Waals surface area (Å²) in [6.45, 7) is 8.06. The minimum atomic E-state index is -0.210. The Morgan fingerprint density at radius 2 is 2.00 bits per heavy atom. The Morgan fingerprint density at radius 3 is 2.50 bits per heavy atom. The van der Waals surface area contributed by atoms with Crippen LogP contribution >= 0.6 is 0 Å². The van der Waals surface area contributed by atoms with Crippen LogP contribution in [0.25, 0.3) is 0 Å². The van der Waals surface area contributed by atoms with Crippen molar-refractivity contribution in [3.8, 4) is 11.6 Å². The fourth-order valence-corrected chi connectivity index (χ4v) is 1.38. The number of pyridine rings is 1. The van der Waals surface area contributed by atoms with Crippen molar-refractivity contribution in [1.82, 2.24) is 4.98 Å². The van der Waals surface area contributed by atoms with E-state index < -0.39 is 0 Å². The molecule has 1 saturated carbocycles. The molecule has 3 nitrogen and oxygen atoms in total. The highest BCUT2D eigenvalue weighted by Gasteiger charge is 2.24. The predicted octanol–water partition coefficient (Wildman–Crippen LogP) is 3.11. The summed E-state index contributed by atoms with van der Waals surface area (Å²) < 4.78 is 11.4. The topological polar surface area (TPSA) is 31.4 Å². The zero-order valence-corrected chi connectivity index (χ0v) is 10.4. The van der Waals surface area contributed by atoms with Crippen LogP contribution in [0.15, 0.2) is 12.3 Å². The van der Waals surface area contributed by atoms with Gasteiger partial charge in [-0.15, -0.1) is 0 Å². The van der Waals surface area contributed by atoms with Gasteiger partial charge in [0.25, 0.3) is 0 Å². The molecule has 16 heavy (non-hydrogen) atoms. The molecule has 0 radical (unpaired) electrons. The molecule has 0 unspecified atom stereocenters. The van der Waals surface area contributed by atoms with Crippen molar-refractivity contribution in [3.63, 3.8) is 0 Å². The standard InChI is InChI=1S/C13H19NO2/c1-9-7-12(16-13(2,3)4)14-8-11(9)15-10-5-6-10/h7-8,10H,5-6H2,1-4H3. The largest absolute Gasteiger partial charge is 0.489 e.